The van der Waals surface area contributed by atoms with E-state index >= 15 is 0 Å². The monoisotopic (exact) mass is 564 g/mol. The van der Waals surface area contributed by atoms with Gasteiger partial charge in [0.15, 0.2) is 0 Å². The van der Waals surface area contributed by atoms with Gasteiger partial charge in [-0.2, -0.15) is 5.10 Å². The van der Waals surface area contributed by atoms with Crippen molar-refractivity contribution in [3.63, 3.8) is 0 Å². The molecule has 0 aliphatic carbocycles. The molecule has 0 atom stereocenters. The molecule has 0 unspecified atom stereocenters. The normalized spacial score (nSPS) is 10.7. The zero-order valence-electron chi connectivity index (χ0n) is 24.9. The SMILES string of the molecule is CCCCCn1cc(Nc2ncc(C#Cc3cc(C(=O)Nc4ccc(CNCCNC)c(C)c4)ccc3C)cn2)cn1. The molecule has 0 aliphatic rings. The van der Waals surface area contributed by atoms with Crippen molar-refractivity contribution in [2.75, 3.05) is 30.8 Å². The van der Waals surface area contributed by atoms with Crippen molar-refractivity contribution in [3.05, 3.63) is 94.6 Å². The molecule has 0 aliphatic heterocycles. The van der Waals surface area contributed by atoms with Gasteiger partial charge >= 0.3 is 0 Å². The number of aryl methyl sites for hydroxylation is 3. The van der Waals surface area contributed by atoms with Crippen LogP contribution in [0.4, 0.5) is 17.3 Å². The molecule has 2 aromatic carbocycles. The summed E-state index contributed by atoms with van der Waals surface area (Å²) in [7, 11) is 1.94. The van der Waals surface area contributed by atoms with Crippen molar-refractivity contribution in [2.45, 2.75) is 53.1 Å². The predicted molar refractivity (Wildman–Crippen MR) is 169 cm³/mol. The standard InChI is InChI=1S/C33H40N8O/c1-5-6-7-16-41-23-31(22-38-41)40-33-36-19-26(20-37-33)9-11-27-18-28(10-8-24(27)2)32(42)39-30-13-12-29(25(3)17-30)21-35-15-14-34-4/h8,10,12-13,17-20,22-23,34-35H,5-7,14-16,21H2,1-4H3,(H,39,42)(H,36,37,40). The molecule has 2 aromatic heterocycles. The summed E-state index contributed by atoms with van der Waals surface area (Å²) in [5.74, 6) is 6.60. The summed E-state index contributed by atoms with van der Waals surface area (Å²) in [5, 5.41) is 17.1. The number of benzene rings is 2. The van der Waals surface area contributed by atoms with E-state index < -0.39 is 0 Å². The van der Waals surface area contributed by atoms with Crippen LogP contribution < -0.4 is 21.3 Å². The Balaban J connectivity index is 1.36. The molecule has 0 spiro atoms. The number of unbranched alkanes of at least 4 members (excludes halogenated alkanes) is 2. The van der Waals surface area contributed by atoms with E-state index in [0.29, 0.717) is 17.1 Å². The second-order valence-electron chi connectivity index (χ2n) is 10.3. The lowest BCUT2D eigenvalue weighted by atomic mass is 10.0. The summed E-state index contributed by atoms with van der Waals surface area (Å²) < 4.78 is 1.93. The van der Waals surface area contributed by atoms with Crippen molar-refractivity contribution in [1.29, 1.82) is 0 Å². The van der Waals surface area contributed by atoms with E-state index in [9.17, 15) is 4.79 Å². The Hall–Kier alpha value is -4.52. The Morgan fingerprint density at radius 1 is 0.929 bits per heavy atom. The molecule has 9 heteroatoms. The zero-order chi connectivity index (χ0) is 29.7. The predicted octanol–water partition coefficient (Wildman–Crippen LogP) is 5.18. The largest absolute Gasteiger partial charge is 0.322 e. The Morgan fingerprint density at radius 3 is 2.52 bits per heavy atom. The van der Waals surface area contributed by atoms with Crippen LogP contribution in [0.3, 0.4) is 0 Å². The van der Waals surface area contributed by atoms with Crippen molar-refractivity contribution in [1.82, 2.24) is 30.4 Å². The summed E-state index contributed by atoms with van der Waals surface area (Å²) in [6.45, 7) is 9.72. The lowest BCUT2D eigenvalue weighted by Gasteiger charge is -2.11. The van der Waals surface area contributed by atoms with Gasteiger partial charge in [0.05, 0.1) is 17.4 Å². The topological polar surface area (TPSA) is 109 Å². The van der Waals surface area contributed by atoms with Crippen molar-refractivity contribution in [2.24, 2.45) is 0 Å². The summed E-state index contributed by atoms with van der Waals surface area (Å²) in [6, 6.07) is 11.5. The van der Waals surface area contributed by atoms with Gasteiger partial charge in [-0.25, -0.2) is 9.97 Å². The molecule has 1 amide bonds. The maximum absolute atomic E-state index is 13.0. The Kier molecular flexibility index (Phi) is 11.2. The number of aromatic nitrogens is 4. The second kappa shape index (κ2) is 15.5. The third-order valence-electron chi connectivity index (χ3n) is 6.84. The third kappa shape index (κ3) is 8.99. The van der Waals surface area contributed by atoms with Crippen LogP contribution in [0, 0.1) is 25.7 Å². The smallest absolute Gasteiger partial charge is 0.255 e. The molecule has 42 heavy (non-hydrogen) atoms. The van der Waals surface area contributed by atoms with Gasteiger partial charge in [-0.1, -0.05) is 43.7 Å². The zero-order valence-corrected chi connectivity index (χ0v) is 24.9. The summed E-state index contributed by atoms with van der Waals surface area (Å²) in [6.07, 6.45) is 10.6. The van der Waals surface area contributed by atoms with Crippen LogP contribution in [0.25, 0.3) is 0 Å². The number of nitrogens with one attached hydrogen (secondary N) is 4. The lowest BCUT2D eigenvalue weighted by molar-refractivity contribution is 0.102. The van der Waals surface area contributed by atoms with Crippen LogP contribution in [0.15, 0.2) is 61.2 Å². The third-order valence-corrected chi connectivity index (χ3v) is 6.84. The molecular formula is C33H40N8O. The van der Waals surface area contributed by atoms with Crippen molar-refractivity contribution >= 4 is 23.2 Å². The molecule has 4 rings (SSSR count). The number of nitrogens with zero attached hydrogens (tertiary/aromatic N) is 4. The molecule has 4 N–H and O–H groups in total. The molecule has 9 nitrogen and oxygen atoms in total. The quantitative estimate of drug-likeness (QED) is 0.131. The Bertz CT molecular complexity index is 1530. The number of hydrogen-bond acceptors (Lipinski definition) is 7. The van der Waals surface area contributed by atoms with E-state index in [4.69, 9.17) is 0 Å². The molecule has 0 fully saturated rings. The van der Waals surface area contributed by atoms with Crippen LogP contribution in [-0.2, 0) is 13.1 Å². The summed E-state index contributed by atoms with van der Waals surface area (Å²) in [5.41, 5.74) is 6.94. The van der Waals surface area contributed by atoms with Crippen LogP contribution in [-0.4, -0.2) is 45.8 Å². The minimum absolute atomic E-state index is 0.176. The highest BCUT2D eigenvalue weighted by Crippen LogP contribution is 2.18. The minimum Gasteiger partial charge on any atom is -0.322 e. The van der Waals surface area contributed by atoms with Crippen LogP contribution >= 0.6 is 0 Å². The van der Waals surface area contributed by atoms with Gasteiger partial charge in [0.1, 0.15) is 0 Å². The first kappa shape index (κ1) is 30.4. The van der Waals surface area contributed by atoms with Gasteiger partial charge in [0, 0.05) is 61.6 Å². The highest BCUT2D eigenvalue weighted by atomic mass is 16.1. The van der Waals surface area contributed by atoms with Gasteiger partial charge in [-0.3, -0.25) is 9.48 Å². The van der Waals surface area contributed by atoms with E-state index in [1.54, 1.807) is 18.6 Å². The van der Waals surface area contributed by atoms with Crippen LogP contribution in [0.2, 0.25) is 0 Å². The molecule has 4 aromatic rings. The van der Waals surface area contributed by atoms with Crippen molar-refractivity contribution in [3.8, 4) is 11.8 Å². The molecule has 0 radical (unpaired) electrons. The fourth-order valence-electron chi connectivity index (χ4n) is 4.31. The van der Waals surface area contributed by atoms with Gasteiger partial charge in [-0.05, 0) is 68.3 Å². The average Bonchev–Trinajstić information content (AvgIpc) is 3.43. The van der Waals surface area contributed by atoms with Crippen LogP contribution in [0.5, 0.6) is 0 Å². The average molecular weight is 565 g/mol. The first-order valence-corrected chi connectivity index (χ1v) is 14.5. The number of anilines is 3. The molecule has 0 saturated heterocycles. The van der Waals surface area contributed by atoms with Gasteiger partial charge < -0.3 is 21.3 Å². The molecular weight excluding hydrogens is 524 g/mol. The second-order valence-corrected chi connectivity index (χ2v) is 10.3. The maximum Gasteiger partial charge on any atom is 0.255 e. The van der Waals surface area contributed by atoms with E-state index in [2.05, 4.69) is 62.0 Å². The highest BCUT2D eigenvalue weighted by molar-refractivity contribution is 6.04. The summed E-state index contributed by atoms with van der Waals surface area (Å²) >= 11 is 0. The van der Waals surface area contributed by atoms with Gasteiger partial charge in [0.2, 0.25) is 5.95 Å². The fourth-order valence-corrected chi connectivity index (χ4v) is 4.31. The fraction of sp³-hybridized carbons (Fsp3) is 0.333. The van der Waals surface area contributed by atoms with Crippen LogP contribution in [0.1, 0.15) is 64.4 Å². The maximum atomic E-state index is 13.0. The Morgan fingerprint density at radius 2 is 1.76 bits per heavy atom. The van der Waals surface area contributed by atoms with E-state index in [1.807, 2.05) is 61.2 Å². The number of carbonyl (C=O) groups is 1. The lowest BCUT2D eigenvalue weighted by Crippen LogP contribution is -2.24. The van der Waals surface area contributed by atoms with E-state index in [1.165, 1.54) is 18.4 Å². The molecule has 0 saturated carbocycles. The van der Waals surface area contributed by atoms with E-state index in [-0.39, 0.29) is 5.91 Å². The molecule has 218 valence electrons. The van der Waals surface area contributed by atoms with E-state index in [0.717, 1.165) is 60.7 Å². The number of amides is 1. The minimum atomic E-state index is -0.176. The number of carbonyl (C=O) groups excluding carboxylic acids is 1. The Labute approximate surface area is 248 Å². The first-order valence-electron chi connectivity index (χ1n) is 14.5. The number of likely N-dealkylation sites (N-methyl/N-ethyl adjacent to an activating group) is 1. The molecule has 0 bridgehead atoms. The highest BCUT2D eigenvalue weighted by Gasteiger charge is 2.09. The van der Waals surface area contributed by atoms with Crippen molar-refractivity contribution < 1.29 is 4.79 Å². The number of hydrogen-bond donors (Lipinski definition) is 4. The first-order chi connectivity index (χ1) is 20.4. The van der Waals surface area contributed by atoms with Gasteiger partial charge in [0.25, 0.3) is 5.91 Å². The van der Waals surface area contributed by atoms with Gasteiger partial charge in [-0.15, -0.1) is 0 Å². The molecule has 2 heterocycles. The number of rotatable bonds is 13. The summed E-state index contributed by atoms with van der Waals surface area (Å²) in [4.78, 5) is 21.8.